The van der Waals surface area contributed by atoms with E-state index in [4.69, 9.17) is 0 Å². The lowest BCUT2D eigenvalue weighted by atomic mass is 10.1. The van der Waals surface area contributed by atoms with Crippen molar-refractivity contribution in [2.75, 3.05) is 22.6 Å². The smallest absolute Gasteiger partial charge is 0.350 e. The van der Waals surface area contributed by atoms with Crippen LogP contribution in [0.1, 0.15) is 29.3 Å². The van der Waals surface area contributed by atoms with Crippen LogP contribution in [0.25, 0.3) is 0 Å². The highest BCUT2D eigenvalue weighted by Gasteiger charge is 2.33. The van der Waals surface area contributed by atoms with Gasteiger partial charge in [0.2, 0.25) is 11.9 Å². The Kier molecular flexibility index (Phi) is 5.45. The molecular weight excluding hydrogens is 425 g/mol. The zero-order valence-electron chi connectivity index (χ0n) is 17.6. The van der Waals surface area contributed by atoms with E-state index in [0.717, 1.165) is 11.8 Å². The predicted molar refractivity (Wildman–Crippen MR) is 111 cm³/mol. The highest BCUT2D eigenvalue weighted by molar-refractivity contribution is 6.03. The molecule has 9 nitrogen and oxygen atoms in total. The maximum Gasteiger partial charge on any atom is 0.418 e. The first kappa shape index (κ1) is 21.5. The second kappa shape index (κ2) is 8.09. The fourth-order valence-corrected chi connectivity index (χ4v) is 3.38. The molecule has 32 heavy (non-hydrogen) atoms. The van der Waals surface area contributed by atoms with Crippen LogP contribution >= 0.6 is 0 Å². The molecule has 0 aliphatic carbocycles. The second-order valence-electron chi connectivity index (χ2n) is 7.54. The fraction of sp³-hybridized carbons (Fsp3) is 0.350. The number of aryl methyl sites for hydroxylation is 1. The Morgan fingerprint density at radius 2 is 2.03 bits per heavy atom. The molecule has 2 N–H and O–H groups in total. The SMILES string of the molecule is Cc1nc(NCc2cnn(Cc3ccncc3C(F)(F)F)c2)nc2c1NC(=O)C(C)N2C. The molecular formula is C20H21F3N8O. The standard InChI is InChI=1S/C20H21F3N8O/c1-11-16-17(30(3)12(2)18(32)28-16)29-19(27-11)25-6-13-7-26-31(9-13)10-14-4-5-24-8-15(14)20(21,22)23/h4-5,7-9,12H,6,10H2,1-3H3,(H,28,32)(H,25,27,29). The van der Waals surface area contributed by atoms with Crippen LogP contribution in [0.2, 0.25) is 0 Å². The Morgan fingerprint density at radius 3 is 2.78 bits per heavy atom. The van der Waals surface area contributed by atoms with Crippen LogP contribution in [0.4, 0.5) is 30.6 Å². The Bertz CT molecular complexity index is 1160. The first-order valence-corrected chi connectivity index (χ1v) is 9.81. The normalized spacial score (nSPS) is 16.0. The number of likely N-dealkylation sites (N-methyl/N-ethyl adjacent to an activating group) is 1. The summed E-state index contributed by atoms with van der Waals surface area (Å²) in [5, 5.41) is 10.1. The van der Waals surface area contributed by atoms with Gasteiger partial charge < -0.3 is 15.5 Å². The summed E-state index contributed by atoms with van der Waals surface area (Å²) in [6.07, 6.45) is 0.894. The number of carbonyl (C=O) groups is 1. The van der Waals surface area contributed by atoms with Gasteiger partial charge >= 0.3 is 6.18 Å². The van der Waals surface area contributed by atoms with Gasteiger partial charge in [0.1, 0.15) is 11.7 Å². The maximum atomic E-state index is 13.2. The van der Waals surface area contributed by atoms with Crippen molar-refractivity contribution in [1.29, 1.82) is 0 Å². The van der Waals surface area contributed by atoms with Crippen molar-refractivity contribution >= 4 is 23.4 Å². The van der Waals surface area contributed by atoms with Gasteiger partial charge in [0.05, 0.1) is 24.0 Å². The summed E-state index contributed by atoms with van der Waals surface area (Å²) in [6, 6.07) is 0.972. The molecule has 168 valence electrons. The van der Waals surface area contributed by atoms with Crippen LogP contribution in [0.3, 0.4) is 0 Å². The van der Waals surface area contributed by atoms with Crippen LogP contribution in [-0.4, -0.2) is 43.7 Å². The van der Waals surface area contributed by atoms with E-state index in [1.807, 2.05) is 0 Å². The Balaban J connectivity index is 1.47. The van der Waals surface area contributed by atoms with Gasteiger partial charge in [0, 0.05) is 37.7 Å². The van der Waals surface area contributed by atoms with Gasteiger partial charge in [-0.1, -0.05) is 0 Å². The van der Waals surface area contributed by atoms with Crippen molar-refractivity contribution in [3.63, 3.8) is 0 Å². The third kappa shape index (κ3) is 4.20. The number of aromatic nitrogens is 5. The van der Waals surface area contributed by atoms with E-state index in [1.165, 1.54) is 16.9 Å². The van der Waals surface area contributed by atoms with E-state index in [2.05, 4.69) is 30.7 Å². The molecule has 0 aromatic carbocycles. The summed E-state index contributed by atoms with van der Waals surface area (Å²) in [6.45, 7) is 3.85. The average molecular weight is 446 g/mol. The molecule has 3 aromatic heterocycles. The molecule has 1 aliphatic rings. The number of carbonyl (C=O) groups excluding carboxylic acids is 1. The van der Waals surface area contributed by atoms with Crippen molar-refractivity contribution in [2.24, 2.45) is 0 Å². The number of nitrogens with zero attached hydrogens (tertiary/aromatic N) is 6. The summed E-state index contributed by atoms with van der Waals surface area (Å²) in [5.74, 6) is 0.862. The Labute approximate surface area is 181 Å². The number of anilines is 3. The van der Waals surface area contributed by atoms with Gasteiger partial charge in [-0.05, 0) is 25.5 Å². The molecule has 4 heterocycles. The number of hydrogen-bond acceptors (Lipinski definition) is 7. The third-order valence-corrected chi connectivity index (χ3v) is 5.30. The zero-order chi connectivity index (χ0) is 23.0. The minimum atomic E-state index is -4.48. The van der Waals surface area contributed by atoms with Crippen molar-refractivity contribution in [3.8, 4) is 0 Å². The monoisotopic (exact) mass is 446 g/mol. The molecule has 3 aromatic rings. The zero-order valence-corrected chi connectivity index (χ0v) is 17.6. The predicted octanol–water partition coefficient (Wildman–Crippen LogP) is 2.83. The van der Waals surface area contributed by atoms with Crippen LogP contribution in [0.5, 0.6) is 0 Å². The lowest BCUT2D eigenvalue weighted by Crippen LogP contribution is -2.44. The average Bonchev–Trinajstić information content (AvgIpc) is 3.18. The number of rotatable bonds is 5. The van der Waals surface area contributed by atoms with Gasteiger partial charge in [-0.2, -0.15) is 23.3 Å². The summed E-state index contributed by atoms with van der Waals surface area (Å²) in [5.41, 5.74) is 1.26. The number of amides is 1. The van der Waals surface area contributed by atoms with E-state index in [-0.39, 0.29) is 24.1 Å². The topological polar surface area (TPSA) is 101 Å². The van der Waals surface area contributed by atoms with Gasteiger partial charge in [-0.3, -0.25) is 14.5 Å². The largest absolute Gasteiger partial charge is 0.418 e. The van der Waals surface area contributed by atoms with Gasteiger partial charge in [-0.15, -0.1) is 0 Å². The molecule has 0 radical (unpaired) electrons. The molecule has 0 bridgehead atoms. The number of pyridine rings is 1. The first-order chi connectivity index (χ1) is 15.1. The molecule has 1 atom stereocenters. The quantitative estimate of drug-likeness (QED) is 0.622. The first-order valence-electron chi connectivity index (χ1n) is 9.81. The molecule has 0 fully saturated rings. The van der Waals surface area contributed by atoms with Crippen LogP contribution in [0, 0.1) is 6.92 Å². The third-order valence-electron chi connectivity index (χ3n) is 5.30. The number of nitrogens with one attached hydrogen (secondary N) is 2. The lowest BCUT2D eigenvalue weighted by molar-refractivity contribution is -0.138. The van der Waals surface area contributed by atoms with E-state index in [0.29, 0.717) is 29.7 Å². The number of fused-ring (bicyclic) bond motifs is 1. The molecule has 0 spiro atoms. The van der Waals surface area contributed by atoms with Crippen LogP contribution < -0.4 is 15.5 Å². The summed E-state index contributed by atoms with van der Waals surface area (Å²) in [4.78, 5) is 26.3. The lowest BCUT2D eigenvalue weighted by Gasteiger charge is -2.32. The molecule has 1 unspecified atom stereocenters. The minimum absolute atomic E-state index is 0.0335. The minimum Gasteiger partial charge on any atom is -0.350 e. The van der Waals surface area contributed by atoms with E-state index in [1.54, 1.807) is 38.2 Å². The highest BCUT2D eigenvalue weighted by Crippen LogP contribution is 2.33. The summed E-state index contributed by atoms with van der Waals surface area (Å²) in [7, 11) is 1.79. The molecule has 1 amide bonds. The molecule has 0 saturated carbocycles. The van der Waals surface area contributed by atoms with E-state index in [9.17, 15) is 18.0 Å². The summed E-state index contributed by atoms with van der Waals surface area (Å²) >= 11 is 0. The maximum absolute atomic E-state index is 13.2. The second-order valence-corrected chi connectivity index (χ2v) is 7.54. The summed E-state index contributed by atoms with van der Waals surface area (Å²) < 4.78 is 40.9. The van der Waals surface area contributed by atoms with Crippen molar-refractivity contribution < 1.29 is 18.0 Å². The Hall–Kier alpha value is -3.70. The number of hydrogen-bond donors (Lipinski definition) is 2. The van der Waals surface area contributed by atoms with Crippen molar-refractivity contribution in [1.82, 2.24) is 24.7 Å². The molecule has 1 aliphatic heterocycles. The molecule has 0 saturated heterocycles. The van der Waals surface area contributed by atoms with Crippen molar-refractivity contribution in [3.05, 3.63) is 53.2 Å². The fourth-order valence-electron chi connectivity index (χ4n) is 3.38. The number of alkyl halides is 3. The van der Waals surface area contributed by atoms with Crippen molar-refractivity contribution in [2.45, 2.75) is 39.2 Å². The van der Waals surface area contributed by atoms with Crippen LogP contribution in [0.15, 0.2) is 30.9 Å². The molecule has 12 heteroatoms. The Morgan fingerprint density at radius 1 is 1.25 bits per heavy atom. The van der Waals surface area contributed by atoms with E-state index >= 15 is 0 Å². The van der Waals surface area contributed by atoms with Gasteiger partial charge in [-0.25, -0.2) is 4.98 Å². The molecule has 4 rings (SSSR count). The highest BCUT2D eigenvalue weighted by atomic mass is 19.4. The van der Waals surface area contributed by atoms with Gasteiger partial charge in [0.15, 0.2) is 5.82 Å². The van der Waals surface area contributed by atoms with Crippen LogP contribution in [-0.2, 0) is 24.1 Å². The van der Waals surface area contributed by atoms with E-state index < -0.39 is 11.7 Å². The number of halogens is 3. The van der Waals surface area contributed by atoms with Gasteiger partial charge in [0.25, 0.3) is 0 Å².